The fourth-order valence-corrected chi connectivity index (χ4v) is 3.21. The average molecular weight is 292 g/mol. The topological polar surface area (TPSA) is 64.2 Å². The Bertz CT molecular complexity index is 463. The Labute approximate surface area is 127 Å². The fraction of sp³-hybridized carbons (Fsp3) is 0.750. The summed E-state index contributed by atoms with van der Waals surface area (Å²) in [6.07, 6.45) is 6.85. The predicted octanol–water partition coefficient (Wildman–Crippen LogP) is 2.34. The number of carbonyl (C=O) groups excluding carboxylic acids is 1. The van der Waals surface area contributed by atoms with Crippen LogP contribution in [-0.4, -0.2) is 39.7 Å². The van der Waals surface area contributed by atoms with Gasteiger partial charge in [0.15, 0.2) is 0 Å². The Morgan fingerprint density at radius 2 is 2.14 bits per heavy atom. The van der Waals surface area contributed by atoms with Crippen molar-refractivity contribution in [3.05, 3.63) is 17.5 Å². The maximum atomic E-state index is 13.0. The zero-order chi connectivity index (χ0) is 15.2. The zero-order valence-electron chi connectivity index (χ0n) is 13.3. The van der Waals surface area contributed by atoms with E-state index in [2.05, 4.69) is 10.00 Å². The number of nitrogens with zero attached hydrogens (tertiary/aromatic N) is 3. The monoisotopic (exact) mass is 292 g/mol. The second-order valence-electron chi connectivity index (χ2n) is 5.92. The van der Waals surface area contributed by atoms with Crippen LogP contribution in [0.15, 0.2) is 6.07 Å². The maximum Gasteiger partial charge on any atom is 0.272 e. The van der Waals surface area contributed by atoms with E-state index in [0.717, 1.165) is 43.7 Å². The van der Waals surface area contributed by atoms with Gasteiger partial charge in [0.2, 0.25) is 0 Å². The Hall–Kier alpha value is -1.36. The van der Waals surface area contributed by atoms with Crippen LogP contribution in [0.2, 0.25) is 0 Å². The first-order valence-electron chi connectivity index (χ1n) is 8.22. The summed E-state index contributed by atoms with van der Waals surface area (Å²) in [4.78, 5) is 15.0. The first-order chi connectivity index (χ1) is 10.2. The highest BCUT2D eigenvalue weighted by atomic mass is 16.2. The summed E-state index contributed by atoms with van der Waals surface area (Å²) in [5.74, 6) is 0.123. The molecule has 0 spiro atoms. The molecule has 1 amide bonds. The van der Waals surface area contributed by atoms with Crippen molar-refractivity contribution in [2.24, 2.45) is 5.73 Å². The number of hydrogen-bond acceptors (Lipinski definition) is 3. The molecule has 0 aromatic carbocycles. The van der Waals surface area contributed by atoms with Gasteiger partial charge in [-0.1, -0.05) is 19.3 Å². The number of nitrogens with two attached hydrogens (primary N) is 1. The van der Waals surface area contributed by atoms with Crippen LogP contribution in [-0.2, 0) is 6.54 Å². The molecule has 0 aliphatic heterocycles. The van der Waals surface area contributed by atoms with Gasteiger partial charge in [0.25, 0.3) is 5.91 Å². The lowest BCUT2D eigenvalue weighted by Crippen LogP contribution is -2.43. The van der Waals surface area contributed by atoms with Crippen LogP contribution in [0.3, 0.4) is 0 Å². The van der Waals surface area contributed by atoms with E-state index in [0.29, 0.717) is 12.6 Å². The highest BCUT2D eigenvalue weighted by Gasteiger charge is 2.27. The number of aromatic nitrogens is 2. The van der Waals surface area contributed by atoms with Gasteiger partial charge >= 0.3 is 0 Å². The van der Waals surface area contributed by atoms with E-state index < -0.39 is 0 Å². The number of aryl methyl sites for hydroxylation is 2. The summed E-state index contributed by atoms with van der Waals surface area (Å²) in [7, 11) is 0. The average Bonchev–Trinajstić information content (AvgIpc) is 2.89. The lowest BCUT2D eigenvalue weighted by Gasteiger charge is -2.34. The van der Waals surface area contributed by atoms with Gasteiger partial charge in [0.05, 0.1) is 5.69 Å². The first-order valence-corrected chi connectivity index (χ1v) is 8.22. The largest absolute Gasteiger partial charge is 0.334 e. The highest BCUT2D eigenvalue weighted by Crippen LogP contribution is 2.24. The summed E-state index contributed by atoms with van der Waals surface area (Å²) in [6, 6.07) is 2.28. The lowest BCUT2D eigenvalue weighted by atomic mass is 9.93. The molecule has 0 radical (unpaired) electrons. The zero-order valence-corrected chi connectivity index (χ0v) is 13.3. The van der Waals surface area contributed by atoms with Crippen molar-refractivity contribution in [3.8, 4) is 0 Å². The normalized spacial score (nSPS) is 16.1. The molecule has 0 bridgehead atoms. The Morgan fingerprint density at radius 1 is 1.43 bits per heavy atom. The van der Waals surface area contributed by atoms with Gasteiger partial charge in [-0.05, 0) is 45.7 Å². The second-order valence-corrected chi connectivity index (χ2v) is 5.92. The summed E-state index contributed by atoms with van der Waals surface area (Å²) in [5.41, 5.74) is 7.28. The predicted molar refractivity (Wildman–Crippen MR) is 84.2 cm³/mol. The van der Waals surface area contributed by atoms with Crippen LogP contribution in [0.4, 0.5) is 0 Å². The van der Waals surface area contributed by atoms with Gasteiger partial charge in [0, 0.05) is 19.1 Å². The molecule has 0 atom stereocenters. The molecule has 1 saturated carbocycles. The summed E-state index contributed by atoms with van der Waals surface area (Å²) in [6.45, 7) is 6.07. The van der Waals surface area contributed by atoms with Crippen molar-refractivity contribution < 1.29 is 4.79 Å². The molecule has 118 valence electrons. The molecule has 5 nitrogen and oxygen atoms in total. The lowest BCUT2D eigenvalue weighted by molar-refractivity contribution is 0.0620. The number of hydrogen-bond donors (Lipinski definition) is 1. The molecule has 0 saturated heterocycles. The summed E-state index contributed by atoms with van der Waals surface area (Å²) < 4.78 is 1.82. The molecular weight excluding hydrogens is 264 g/mol. The highest BCUT2D eigenvalue weighted by molar-refractivity contribution is 5.93. The van der Waals surface area contributed by atoms with Crippen LogP contribution >= 0.6 is 0 Å². The molecule has 21 heavy (non-hydrogen) atoms. The smallest absolute Gasteiger partial charge is 0.272 e. The molecule has 1 aliphatic rings. The van der Waals surface area contributed by atoms with E-state index in [1.54, 1.807) is 0 Å². The Balaban J connectivity index is 2.19. The third kappa shape index (κ3) is 3.84. The quantitative estimate of drug-likeness (QED) is 0.875. The van der Waals surface area contributed by atoms with Crippen LogP contribution in [0.1, 0.15) is 61.6 Å². The van der Waals surface area contributed by atoms with Gasteiger partial charge in [-0.15, -0.1) is 0 Å². The molecule has 1 heterocycles. The van der Waals surface area contributed by atoms with Crippen molar-refractivity contribution in [1.82, 2.24) is 14.7 Å². The molecule has 2 rings (SSSR count). The first kappa shape index (κ1) is 16.0. The Morgan fingerprint density at radius 3 is 2.76 bits per heavy atom. The molecule has 1 fully saturated rings. The van der Waals surface area contributed by atoms with Gasteiger partial charge in [-0.25, -0.2) is 0 Å². The molecular formula is C16H28N4O. The number of rotatable bonds is 6. The van der Waals surface area contributed by atoms with Crippen LogP contribution in [0, 0.1) is 6.92 Å². The molecule has 5 heteroatoms. The van der Waals surface area contributed by atoms with Crippen LogP contribution in [0.25, 0.3) is 0 Å². The molecule has 2 N–H and O–H groups in total. The number of carbonyl (C=O) groups is 1. The van der Waals surface area contributed by atoms with E-state index in [9.17, 15) is 4.79 Å². The fourth-order valence-electron chi connectivity index (χ4n) is 3.21. The number of amides is 1. The van der Waals surface area contributed by atoms with E-state index in [-0.39, 0.29) is 5.91 Å². The van der Waals surface area contributed by atoms with Crippen molar-refractivity contribution >= 4 is 5.91 Å². The van der Waals surface area contributed by atoms with Crippen LogP contribution in [0.5, 0.6) is 0 Å². The van der Waals surface area contributed by atoms with Crippen molar-refractivity contribution in [2.75, 3.05) is 13.1 Å². The molecule has 0 unspecified atom stereocenters. The summed E-state index contributed by atoms with van der Waals surface area (Å²) >= 11 is 0. The molecule has 1 aromatic rings. The van der Waals surface area contributed by atoms with E-state index in [1.807, 2.05) is 24.6 Å². The minimum Gasteiger partial charge on any atom is -0.334 e. The maximum absolute atomic E-state index is 13.0. The van der Waals surface area contributed by atoms with Crippen LogP contribution < -0.4 is 5.73 Å². The third-order valence-corrected chi connectivity index (χ3v) is 4.30. The SMILES string of the molecule is CCn1nc(C)cc1C(=O)N(CCCN)C1CCCCC1. The molecule has 1 aromatic heterocycles. The minimum absolute atomic E-state index is 0.123. The summed E-state index contributed by atoms with van der Waals surface area (Å²) in [5, 5.41) is 4.40. The van der Waals surface area contributed by atoms with E-state index >= 15 is 0 Å². The van der Waals surface area contributed by atoms with Crippen molar-refractivity contribution in [2.45, 2.75) is 65.0 Å². The van der Waals surface area contributed by atoms with E-state index in [4.69, 9.17) is 5.73 Å². The van der Waals surface area contributed by atoms with Crippen molar-refractivity contribution in [3.63, 3.8) is 0 Å². The van der Waals surface area contributed by atoms with Gasteiger partial charge in [0.1, 0.15) is 5.69 Å². The van der Waals surface area contributed by atoms with Gasteiger partial charge in [-0.2, -0.15) is 5.10 Å². The van der Waals surface area contributed by atoms with Gasteiger partial charge < -0.3 is 10.6 Å². The van der Waals surface area contributed by atoms with Gasteiger partial charge in [-0.3, -0.25) is 9.48 Å². The van der Waals surface area contributed by atoms with Crippen molar-refractivity contribution in [1.29, 1.82) is 0 Å². The van der Waals surface area contributed by atoms with E-state index in [1.165, 1.54) is 19.3 Å². The molecule has 1 aliphatic carbocycles. The standard InChI is InChI=1S/C16H28N4O/c1-3-20-15(12-13(2)18-20)16(21)19(11-7-10-17)14-8-5-4-6-9-14/h12,14H,3-11,17H2,1-2H3. The third-order valence-electron chi connectivity index (χ3n) is 4.30. The minimum atomic E-state index is 0.123. The second kappa shape index (κ2) is 7.59. The Kier molecular flexibility index (Phi) is 5.79.